The van der Waals surface area contributed by atoms with Gasteiger partial charge in [-0.2, -0.15) is 5.26 Å². The van der Waals surface area contributed by atoms with Gasteiger partial charge in [0.15, 0.2) is 0 Å². The molecule has 1 aromatic heterocycles. The Morgan fingerprint density at radius 1 is 1.19 bits per heavy atom. The lowest BCUT2D eigenvalue weighted by molar-refractivity contribution is -0.384. The molecule has 0 radical (unpaired) electrons. The number of esters is 1. The molecule has 9 nitrogen and oxygen atoms in total. The van der Waals surface area contributed by atoms with Gasteiger partial charge in [0.2, 0.25) is 0 Å². The third-order valence-corrected chi connectivity index (χ3v) is 5.57. The van der Waals surface area contributed by atoms with Crippen LogP contribution in [-0.2, 0) is 11.3 Å². The van der Waals surface area contributed by atoms with E-state index in [0.717, 1.165) is 22.6 Å². The van der Waals surface area contributed by atoms with Crippen LogP contribution < -0.4 is 15.4 Å². The van der Waals surface area contributed by atoms with E-state index in [9.17, 15) is 20.2 Å². The molecule has 0 bridgehead atoms. The lowest BCUT2D eigenvalue weighted by atomic mass is 10.2. The molecule has 10 heteroatoms. The van der Waals surface area contributed by atoms with E-state index in [4.69, 9.17) is 9.47 Å². The van der Waals surface area contributed by atoms with E-state index in [2.05, 4.69) is 16.7 Å². The van der Waals surface area contributed by atoms with Crippen LogP contribution in [0.2, 0.25) is 0 Å². The van der Waals surface area contributed by atoms with Crippen molar-refractivity contribution in [2.24, 2.45) is 0 Å². The maximum absolute atomic E-state index is 12.5. The minimum Gasteiger partial charge on any atom is -0.497 e. The molecule has 0 atom stereocenters. The minimum atomic E-state index is -0.559. The van der Waals surface area contributed by atoms with Crippen molar-refractivity contribution in [1.29, 1.82) is 5.26 Å². The molecule has 0 spiro atoms. The second kappa shape index (κ2) is 10.3. The molecule has 0 saturated heterocycles. The van der Waals surface area contributed by atoms with Gasteiger partial charge < -0.3 is 20.1 Å². The number of rotatable bonds is 9. The normalized spacial score (nSPS) is 10.2. The van der Waals surface area contributed by atoms with E-state index in [1.165, 1.54) is 24.3 Å². The molecule has 164 valence electrons. The first-order chi connectivity index (χ1) is 15.5. The average molecular weight is 452 g/mol. The van der Waals surface area contributed by atoms with E-state index in [1.54, 1.807) is 14.0 Å². The smallest absolute Gasteiger partial charge is 0.350 e. The molecule has 0 unspecified atom stereocenters. The highest BCUT2D eigenvalue weighted by Gasteiger charge is 2.24. The number of nitro groups is 1. The topological polar surface area (TPSA) is 127 Å². The first-order valence-electron chi connectivity index (χ1n) is 9.59. The summed E-state index contributed by atoms with van der Waals surface area (Å²) in [5, 5.41) is 27.4. The summed E-state index contributed by atoms with van der Waals surface area (Å²) in [6.45, 7) is 2.31. The summed E-state index contributed by atoms with van der Waals surface area (Å²) in [6, 6.07) is 15.3. The lowest BCUT2D eigenvalue weighted by Crippen LogP contribution is -2.05. The fourth-order valence-electron chi connectivity index (χ4n) is 2.86. The summed E-state index contributed by atoms with van der Waals surface area (Å²) in [5.41, 5.74) is 1.95. The predicted molar refractivity (Wildman–Crippen MR) is 122 cm³/mol. The molecule has 3 aromatic rings. The van der Waals surface area contributed by atoms with Gasteiger partial charge in [-0.05, 0) is 36.8 Å². The van der Waals surface area contributed by atoms with Crippen molar-refractivity contribution in [2.75, 3.05) is 24.4 Å². The van der Waals surface area contributed by atoms with Crippen LogP contribution in [0.1, 0.15) is 27.7 Å². The zero-order valence-electron chi connectivity index (χ0n) is 17.4. The van der Waals surface area contributed by atoms with Crippen LogP contribution in [0.15, 0.2) is 48.5 Å². The van der Waals surface area contributed by atoms with E-state index >= 15 is 0 Å². The van der Waals surface area contributed by atoms with Crippen LogP contribution in [0, 0.1) is 21.4 Å². The highest BCUT2D eigenvalue weighted by Crippen LogP contribution is 2.39. The molecule has 2 aromatic carbocycles. The largest absolute Gasteiger partial charge is 0.497 e. The number of nitriles is 1. The van der Waals surface area contributed by atoms with E-state index in [0.29, 0.717) is 22.9 Å². The molecule has 0 fully saturated rings. The highest BCUT2D eigenvalue weighted by atomic mass is 32.1. The zero-order chi connectivity index (χ0) is 23.1. The van der Waals surface area contributed by atoms with E-state index < -0.39 is 10.9 Å². The van der Waals surface area contributed by atoms with Crippen molar-refractivity contribution in [3.05, 3.63) is 74.6 Å². The van der Waals surface area contributed by atoms with Gasteiger partial charge in [0, 0.05) is 24.4 Å². The zero-order valence-corrected chi connectivity index (χ0v) is 18.2. The molecule has 2 N–H and O–H groups in total. The van der Waals surface area contributed by atoms with E-state index in [-0.39, 0.29) is 22.7 Å². The number of thiophene rings is 1. The number of methoxy groups -OCH3 is 1. The number of nitrogens with zero attached hydrogens (tertiary/aromatic N) is 2. The molecule has 0 aliphatic rings. The average Bonchev–Trinajstić information content (AvgIpc) is 3.15. The quantitative estimate of drug-likeness (QED) is 0.262. The van der Waals surface area contributed by atoms with Crippen molar-refractivity contribution in [3.8, 4) is 11.8 Å². The van der Waals surface area contributed by atoms with Crippen LogP contribution >= 0.6 is 11.3 Å². The Morgan fingerprint density at radius 2 is 1.88 bits per heavy atom. The van der Waals surface area contributed by atoms with Gasteiger partial charge in [-0.15, -0.1) is 11.3 Å². The Labute approximate surface area is 188 Å². The van der Waals surface area contributed by atoms with Crippen molar-refractivity contribution >= 4 is 39.4 Å². The molecule has 0 saturated carbocycles. The van der Waals surface area contributed by atoms with Crippen molar-refractivity contribution < 1.29 is 19.2 Å². The van der Waals surface area contributed by atoms with Crippen LogP contribution in [0.4, 0.5) is 22.1 Å². The molecule has 1 heterocycles. The Kier molecular flexibility index (Phi) is 7.25. The van der Waals surface area contributed by atoms with Gasteiger partial charge in [-0.3, -0.25) is 10.1 Å². The minimum absolute atomic E-state index is 0.0613. The number of anilines is 3. The van der Waals surface area contributed by atoms with Crippen LogP contribution in [0.25, 0.3) is 0 Å². The molecule has 32 heavy (non-hydrogen) atoms. The summed E-state index contributed by atoms with van der Waals surface area (Å²) in [6.07, 6.45) is 0. The second-order valence-corrected chi connectivity index (χ2v) is 7.49. The first-order valence-corrected chi connectivity index (χ1v) is 10.4. The number of non-ortho nitro benzene ring substituents is 1. The third kappa shape index (κ3) is 5.14. The SMILES string of the molecule is CCOC(=O)c1sc(NCc2ccc(OC)cc2)c(C#N)c1Nc1ccc([N+](=O)[O-])cc1. The number of ether oxygens (including phenoxy) is 2. The summed E-state index contributed by atoms with van der Waals surface area (Å²) < 4.78 is 10.3. The monoisotopic (exact) mass is 452 g/mol. The molecular weight excluding hydrogens is 432 g/mol. The fraction of sp³-hybridized carbons (Fsp3) is 0.182. The number of benzene rings is 2. The van der Waals surface area contributed by atoms with Gasteiger partial charge in [0.1, 0.15) is 27.3 Å². The summed E-state index contributed by atoms with van der Waals surface area (Å²) in [4.78, 5) is 23.2. The maximum atomic E-state index is 12.5. The molecule has 0 aliphatic heterocycles. The number of hydrogen-bond donors (Lipinski definition) is 2. The Hall–Kier alpha value is -4.10. The van der Waals surface area contributed by atoms with Gasteiger partial charge in [0.05, 0.1) is 24.3 Å². The Balaban J connectivity index is 1.91. The van der Waals surface area contributed by atoms with Crippen molar-refractivity contribution in [1.82, 2.24) is 0 Å². The highest BCUT2D eigenvalue weighted by molar-refractivity contribution is 7.18. The fourth-order valence-corrected chi connectivity index (χ4v) is 3.85. The summed E-state index contributed by atoms with van der Waals surface area (Å²) >= 11 is 1.11. The Bertz CT molecular complexity index is 1150. The number of hydrogen-bond acceptors (Lipinski definition) is 9. The predicted octanol–water partition coefficient (Wildman–Crippen LogP) is 5.07. The van der Waals surface area contributed by atoms with Crippen molar-refractivity contribution in [2.45, 2.75) is 13.5 Å². The third-order valence-electron chi connectivity index (χ3n) is 4.44. The summed E-state index contributed by atoms with van der Waals surface area (Å²) in [5.74, 6) is 0.178. The van der Waals surface area contributed by atoms with E-state index in [1.807, 2.05) is 24.3 Å². The molecule has 0 amide bonds. The van der Waals surface area contributed by atoms with Crippen LogP contribution in [0.3, 0.4) is 0 Å². The summed E-state index contributed by atoms with van der Waals surface area (Å²) in [7, 11) is 1.59. The van der Waals surface area contributed by atoms with Crippen LogP contribution in [0.5, 0.6) is 5.75 Å². The number of nitro benzene ring substituents is 1. The lowest BCUT2D eigenvalue weighted by Gasteiger charge is -2.08. The maximum Gasteiger partial charge on any atom is 0.350 e. The van der Waals surface area contributed by atoms with Gasteiger partial charge in [-0.25, -0.2) is 4.79 Å². The Morgan fingerprint density at radius 3 is 2.44 bits per heavy atom. The van der Waals surface area contributed by atoms with Crippen molar-refractivity contribution in [3.63, 3.8) is 0 Å². The number of carbonyl (C=O) groups excluding carboxylic acids is 1. The molecule has 3 rings (SSSR count). The molecule has 0 aliphatic carbocycles. The molecular formula is C22H20N4O5S. The second-order valence-electron chi connectivity index (χ2n) is 6.47. The van der Waals surface area contributed by atoms with Gasteiger partial charge >= 0.3 is 5.97 Å². The van der Waals surface area contributed by atoms with Gasteiger partial charge in [-0.1, -0.05) is 12.1 Å². The van der Waals surface area contributed by atoms with Gasteiger partial charge in [0.25, 0.3) is 5.69 Å². The number of carbonyl (C=O) groups is 1. The standard InChI is InChI=1S/C22H20N4O5S/c1-3-31-22(27)20-19(25-15-6-8-16(9-7-15)26(28)29)18(12-23)21(32-20)24-13-14-4-10-17(30-2)11-5-14/h4-11,24-25H,3,13H2,1-2H3. The first kappa shape index (κ1) is 22.6. The van der Waals surface area contributed by atoms with Crippen LogP contribution in [-0.4, -0.2) is 24.6 Å². The number of nitrogens with one attached hydrogen (secondary N) is 2.